The summed E-state index contributed by atoms with van der Waals surface area (Å²) in [6.07, 6.45) is 3.18. The SMILES string of the molecule is CC(C)(C)C(=O)CN1CC2CCC(C1)N2CC(N)CCOc1ccc(C#N)cc1. The van der Waals surface area contributed by atoms with Crippen LogP contribution in [0.25, 0.3) is 0 Å². The first-order valence-electron chi connectivity index (χ1n) is 10.7. The van der Waals surface area contributed by atoms with Crippen molar-refractivity contribution in [1.29, 1.82) is 5.26 Å². The topological polar surface area (TPSA) is 82.6 Å². The number of nitrogens with two attached hydrogens (primary N) is 1. The van der Waals surface area contributed by atoms with Crippen LogP contribution in [0.1, 0.15) is 45.6 Å². The second-order valence-electron chi connectivity index (χ2n) is 9.48. The molecule has 0 amide bonds. The summed E-state index contributed by atoms with van der Waals surface area (Å²) in [5.74, 6) is 1.09. The minimum atomic E-state index is -0.270. The molecule has 158 valence electrons. The van der Waals surface area contributed by atoms with Crippen LogP contribution in [-0.4, -0.2) is 66.5 Å². The van der Waals surface area contributed by atoms with Crippen molar-refractivity contribution < 1.29 is 9.53 Å². The molecule has 2 N–H and O–H groups in total. The molecule has 2 aliphatic heterocycles. The maximum absolute atomic E-state index is 12.4. The van der Waals surface area contributed by atoms with Crippen molar-refractivity contribution in [2.75, 3.05) is 32.8 Å². The highest BCUT2D eigenvalue weighted by Gasteiger charge is 2.41. The van der Waals surface area contributed by atoms with Gasteiger partial charge in [-0.1, -0.05) is 20.8 Å². The normalized spacial score (nSPS) is 23.6. The van der Waals surface area contributed by atoms with E-state index >= 15 is 0 Å². The Bertz CT molecular complexity index is 721. The molecule has 6 nitrogen and oxygen atoms in total. The Balaban J connectivity index is 1.42. The van der Waals surface area contributed by atoms with E-state index < -0.39 is 0 Å². The molecule has 3 rings (SSSR count). The number of likely N-dealkylation sites (tertiary alicyclic amines) is 1. The number of rotatable bonds is 8. The van der Waals surface area contributed by atoms with Crippen molar-refractivity contribution in [3.8, 4) is 11.8 Å². The van der Waals surface area contributed by atoms with Crippen molar-refractivity contribution in [3.63, 3.8) is 0 Å². The maximum atomic E-state index is 12.4. The number of hydrogen-bond donors (Lipinski definition) is 1. The number of benzene rings is 1. The number of fused-ring (bicyclic) bond motifs is 2. The van der Waals surface area contributed by atoms with E-state index in [9.17, 15) is 4.79 Å². The summed E-state index contributed by atoms with van der Waals surface area (Å²) in [4.78, 5) is 17.3. The fourth-order valence-electron chi connectivity index (χ4n) is 4.26. The lowest BCUT2D eigenvalue weighted by Gasteiger charge is -2.42. The summed E-state index contributed by atoms with van der Waals surface area (Å²) in [6.45, 7) is 9.95. The number of ether oxygens (including phenoxy) is 1. The number of Topliss-reactive ketones (excluding diaryl/α,β-unsaturated/α-hetero) is 1. The number of nitrogens with zero attached hydrogens (tertiary/aromatic N) is 3. The van der Waals surface area contributed by atoms with Crippen LogP contribution in [0, 0.1) is 16.7 Å². The van der Waals surface area contributed by atoms with Gasteiger partial charge >= 0.3 is 0 Å². The van der Waals surface area contributed by atoms with Crippen molar-refractivity contribution in [2.45, 2.75) is 58.2 Å². The van der Waals surface area contributed by atoms with Gasteiger partial charge in [0.2, 0.25) is 0 Å². The van der Waals surface area contributed by atoms with Crippen LogP contribution in [0.4, 0.5) is 0 Å². The van der Waals surface area contributed by atoms with Crippen molar-refractivity contribution in [2.24, 2.45) is 11.1 Å². The average molecular weight is 399 g/mol. The molecule has 3 atom stereocenters. The van der Waals surface area contributed by atoms with Gasteiger partial charge < -0.3 is 10.5 Å². The van der Waals surface area contributed by atoms with Crippen molar-refractivity contribution >= 4 is 5.78 Å². The van der Waals surface area contributed by atoms with Gasteiger partial charge in [-0.3, -0.25) is 14.6 Å². The molecule has 0 aliphatic carbocycles. The molecule has 0 aromatic heterocycles. The Morgan fingerprint density at radius 3 is 2.41 bits per heavy atom. The van der Waals surface area contributed by atoms with Crippen LogP contribution in [0.2, 0.25) is 0 Å². The van der Waals surface area contributed by atoms with Crippen LogP contribution in [-0.2, 0) is 4.79 Å². The fourth-order valence-corrected chi connectivity index (χ4v) is 4.26. The van der Waals surface area contributed by atoms with Gasteiger partial charge in [0.05, 0.1) is 24.8 Å². The van der Waals surface area contributed by atoms with E-state index in [1.807, 2.05) is 32.9 Å². The first-order valence-corrected chi connectivity index (χ1v) is 10.7. The fraction of sp³-hybridized carbons (Fsp3) is 0.652. The van der Waals surface area contributed by atoms with Gasteiger partial charge in [0.1, 0.15) is 5.75 Å². The summed E-state index contributed by atoms with van der Waals surface area (Å²) in [7, 11) is 0. The minimum Gasteiger partial charge on any atom is -0.494 e. The summed E-state index contributed by atoms with van der Waals surface area (Å²) in [5, 5.41) is 8.84. The number of ketones is 1. The minimum absolute atomic E-state index is 0.0687. The van der Waals surface area contributed by atoms with Crippen LogP contribution in [0.3, 0.4) is 0 Å². The third kappa shape index (κ3) is 5.79. The molecular weight excluding hydrogens is 364 g/mol. The zero-order valence-electron chi connectivity index (χ0n) is 17.9. The lowest BCUT2D eigenvalue weighted by molar-refractivity contribution is -0.128. The highest BCUT2D eigenvalue weighted by Crippen LogP contribution is 2.30. The van der Waals surface area contributed by atoms with Crippen LogP contribution >= 0.6 is 0 Å². The smallest absolute Gasteiger partial charge is 0.152 e. The molecule has 2 saturated heterocycles. The van der Waals surface area contributed by atoms with E-state index in [1.54, 1.807) is 12.1 Å². The number of piperazine rings is 1. The van der Waals surface area contributed by atoms with Gasteiger partial charge in [0.15, 0.2) is 5.78 Å². The standard InChI is InChI=1S/C23H34N4O2/c1-23(2,3)22(28)16-26-14-19-6-7-20(15-26)27(19)13-18(25)10-11-29-21-8-4-17(12-24)5-9-21/h4-5,8-9,18-20H,6-7,10-11,13-16,25H2,1-3H3. The molecule has 3 unspecified atom stereocenters. The Kier molecular flexibility index (Phi) is 6.94. The van der Waals surface area contributed by atoms with E-state index in [1.165, 1.54) is 12.8 Å². The zero-order chi connectivity index (χ0) is 21.0. The van der Waals surface area contributed by atoms with Crippen molar-refractivity contribution in [3.05, 3.63) is 29.8 Å². The molecule has 6 heteroatoms. The molecule has 2 bridgehead atoms. The average Bonchev–Trinajstić information content (AvgIpc) is 2.90. The van der Waals surface area contributed by atoms with E-state index in [4.69, 9.17) is 15.7 Å². The third-order valence-corrected chi connectivity index (χ3v) is 6.10. The largest absolute Gasteiger partial charge is 0.494 e. The van der Waals surface area contributed by atoms with Crippen LogP contribution < -0.4 is 10.5 Å². The van der Waals surface area contributed by atoms with Gasteiger partial charge in [-0.2, -0.15) is 5.26 Å². The highest BCUT2D eigenvalue weighted by atomic mass is 16.5. The maximum Gasteiger partial charge on any atom is 0.152 e. The monoisotopic (exact) mass is 398 g/mol. The molecule has 0 radical (unpaired) electrons. The molecule has 0 spiro atoms. The number of carbonyl (C=O) groups excluding carboxylic acids is 1. The molecule has 2 fully saturated rings. The molecular formula is C23H34N4O2. The third-order valence-electron chi connectivity index (χ3n) is 6.10. The molecule has 0 saturated carbocycles. The zero-order valence-corrected chi connectivity index (χ0v) is 17.9. The van der Waals surface area contributed by atoms with Gasteiger partial charge in [0, 0.05) is 43.2 Å². The first kappa shape index (κ1) is 21.8. The summed E-state index contributed by atoms with van der Waals surface area (Å²) in [6, 6.07) is 10.4. The highest BCUT2D eigenvalue weighted by molar-refractivity contribution is 5.85. The van der Waals surface area contributed by atoms with Gasteiger partial charge in [-0.05, 0) is 43.5 Å². The quantitative estimate of drug-likeness (QED) is 0.724. The van der Waals surface area contributed by atoms with E-state index in [2.05, 4.69) is 15.9 Å². The van der Waals surface area contributed by atoms with Crippen LogP contribution in [0.15, 0.2) is 24.3 Å². The first-order chi connectivity index (χ1) is 13.8. The summed E-state index contributed by atoms with van der Waals surface area (Å²) >= 11 is 0. The Hall–Kier alpha value is -1.94. The van der Waals surface area contributed by atoms with Gasteiger partial charge in [0.25, 0.3) is 0 Å². The lowest BCUT2D eigenvalue weighted by atomic mass is 9.90. The molecule has 29 heavy (non-hydrogen) atoms. The molecule has 1 aromatic carbocycles. The van der Waals surface area contributed by atoms with Crippen molar-refractivity contribution in [1.82, 2.24) is 9.80 Å². The Morgan fingerprint density at radius 1 is 1.24 bits per heavy atom. The summed E-state index contributed by atoms with van der Waals surface area (Å²) < 4.78 is 5.77. The molecule has 2 aliphatic rings. The van der Waals surface area contributed by atoms with Gasteiger partial charge in [-0.25, -0.2) is 0 Å². The lowest BCUT2D eigenvalue weighted by Crippen LogP contribution is -2.57. The molecule has 1 aromatic rings. The predicted octanol–water partition coefficient (Wildman–Crippen LogP) is 2.42. The molecule has 2 heterocycles. The van der Waals surface area contributed by atoms with E-state index in [-0.39, 0.29) is 11.5 Å². The summed E-state index contributed by atoms with van der Waals surface area (Å²) in [5.41, 5.74) is 6.77. The van der Waals surface area contributed by atoms with Gasteiger partial charge in [-0.15, -0.1) is 0 Å². The predicted molar refractivity (Wildman–Crippen MR) is 114 cm³/mol. The number of carbonyl (C=O) groups is 1. The van der Waals surface area contributed by atoms with Crippen LogP contribution in [0.5, 0.6) is 5.75 Å². The Morgan fingerprint density at radius 2 is 1.86 bits per heavy atom. The van der Waals surface area contributed by atoms with E-state index in [0.717, 1.165) is 31.8 Å². The number of nitriles is 1. The second-order valence-corrected chi connectivity index (χ2v) is 9.48. The second kappa shape index (κ2) is 9.25. The van der Waals surface area contributed by atoms with E-state index in [0.29, 0.717) is 36.6 Å². The number of hydrogen-bond acceptors (Lipinski definition) is 6. The Labute approximate surface area is 174 Å².